The van der Waals surface area contributed by atoms with Crippen LogP contribution in [0.3, 0.4) is 0 Å². The van der Waals surface area contributed by atoms with Crippen LogP contribution >= 0.6 is 0 Å². The first-order valence-electron chi connectivity index (χ1n) is 9.96. The number of aliphatic hydroxyl groups is 1. The summed E-state index contributed by atoms with van der Waals surface area (Å²) in [5.74, 6) is -0.433. The molecule has 1 unspecified atom stereocenters. The number of benzene rings is 1. The van der Waals surface area contributed by atoms with Crippen molar-refractivity contribution in [2.75, 3.05) is 13.1 Å². The predicted octanol–water partition coefficient (Wildman–Crippen LogP) is 4.45. The highest BCUT2D eigenvalue weighted by atomic mass is 19.4. The number of imidazole rings is 1. The molecular formula is C22H22F3N3O2. The van der Waals surface area contributed by atoms with E-state index in [0.717, 1.165) is 55.4 Å². The molecule has 0 saturated carbocycles. The van der Waals surface area contributed by atoms with Gasteiger partial charge in [0, 0.05) is 24.8 Å². The van der Waals surface area contributed by atoms with Crippen LogP contribution < -0.4 is 0 Å². The van der Waals surface area contributed by atoms with Gasteiger partial charge >= 0.3 is 6.18 Å². The van der Waals surface area contributed by atoms with Crippen LogP contribution in [0.1, 0.15) is 59.1 Å². The average Bonchev–Trinajstić information content (AvgIpc) is 2.97. The summed E-state index contributed by atoms with van der Waals surface area (Å²) in [6.07, 6.45) is 1.31. The molecule has 0 radical (unpaired) electrons. The molecule has 3 aromatic rings. The van der Waals surface area contributed by atoms with E-state index in [2.05, 4.69) is 4.98 Å². The molecule has 5 nitrogen and oxygen atoms in total. The molecule has 1 aliphatic heterocycles. The van der Waals surface area contributed by atoms with Crippen LogP contribution in [0.5, 0.6) is 0 Å². The Morgan fingerprint density at radius 2 is 1.67 bits per heavy atom. The molecule has 1 N–H and O–H groups in total. The van der Waals surface area contributed by atoms with Crippen molar-refractivity contribution < 1.29 is 23.1 Å². The van der Waals surface area contributed by atoms with Gasteiger partial charge in [0.1, 0.15) is 17.6 Å². The van der Waals surface area contributed by atoms with Crippen LogP contribution in [0.15, 0.2) is 48.8 Å². The van der Waals surface area contributed by atoms with Gasteiger partial charge in [-0.15, -0.1) is 0 Å². The fourth-order valence-electron chi connectivity index (χ4n) is 3.82. The molecule has 2 aromatic heterocycles. The van der Waals surface area contributed by atoms with Gasteiger partial charge in [-0.25, -0.2) is 4.98 Å². The molecule has 0 aliphatic carbocycles. The topological polar surface area (TPSA) is 57.8 Å². The van der Waals surface area contributed by atoms with Crippen molar-refractivity contribution in [1.29, 1.82) is 0 Å². The number of pyridine rings is 1. The Morgan fingerprint density at radius 3 is 2.30 bits per heavy atom. The highest BCUT2D eigenvalue weighted by Crippen LogP contribution is 2.30. The van der Waals surface area contributed by atoms with Gasteiger partial charge in [-0.3, -0.25) is 14.1 Å². The van der Waals surface area contributed by atoms with Crippen molar-refractivity contribution in [2.24, 2.45) is 0 Å². The Hall–Kier alpha value is -2.71. The SMILES string of the molecule is O=C(c1ccc(C(O)N2CCCCCC2)cc1)c1cnc2ccc(C(F)(F)F)cn12. The number of rotatable bonds is 4. The van der Waals surface area contributed by atoms with Crippen LogP contribution in [-0.4, -0.2) is 38.3 Å². The van der Waals surface area contributed by atoms with Gasteiger partial charge in [0.15, 0.2) is 0 Å². The van der Waals surface area contributed by atoms with Gasteiger partial charge in [-0.05, 0) is 30.5 Å². The molecule has 4 rings (SSSR count). The third-order valence-corrected chi connectivity index (χ3v) is 5.52. The number of halogens is 3. The summed E-state index contributed by atoms with van der Waals surface area (Å²) in [6.45, 7) is 1.65. The van der Waals surface area contributed by atoms with Gasteiger partial charge in [-0.1, -0.05) is 37.1 Å². The van der Waals surface area contributed by atoms with E-state index >= 15 is 0 Å². The number of carbonyl (C=O) groups is 1. The van der Waals surface area contributed by atoms with Gasteiger partial charge in [0.2, 0.25) is 5.78 Å². The van der Waals surface area contributed by atoms with E-state index in [-0.39, 0.29) is 11.3 Å². The first-order chi connectivity index (χ1) is 14.3. The Labute approximate surface area is 171 Å². The fraction of sp³-hybridized carbons (Fsp3) is 0.364. The number of alkyl halides is 3. The predicted molar refractivity (Wildman–Crippen MR) is 105 cm³/mol. The minimum atomic E-state index is -4.51. The molecular weight excluding hydrogens is 395 g/mol. The van der Waals surface area contributed by atoms with E-state index < -0.39 is 23.8 Å². The summed E-state index contributed by atoms with van der Waals surface area (Å²) in [5, 5.41) is 10.7. The van der Waals surface area contributed by atoms with Crippen molar-refractivity contribution in [3.8, 4) is 0 Å². The van der Waals surface area contributed by atoms with Crippen LogP contribution in [-0.2, 0) is 6.18 Å². The number of aliphatic hydroxyl groups excluding tert-OH is 1. The molecule has 30 heavy (non-hydrogen) atoms. The van der Waals surface area contributed by atoms with E-state index in [0.29, 0.717) is 11.1 Å². The molecule has 158 valence electrons. The molecule has 0 amide bonds. The Morgan fingerprint density at radius 1 is 1.00 bits per heavy atom. The van der Waals surface area contributed by atoms with Crippen LogP contribution in [0.2, 0.25) is 0 Å². The molecule has 0 bridgehead atoms. The smallest absolute Gasteiger partial charge is 0.374 e. The zero-order chi connectivity index (χ0) is 21.3. The summed E-state index contributed by atoms with van der Waals surface area (Å²) in [4.78, 5) is 18.9. The minimum absolute atomic E-state index is 0.0527. The first kappa shape index (κ1) is 20.6. The third kappa shape index (κ3) is 4.11. The number of ketones is 1. The number of fused-ring (bicyclic) bond motifs is 1. The second kappa shape index (κ2) is 8.20. The normalized spacial score (nSPS) is 17.1. The van der Waals surface area contributed by atoms with Gasteiger partial charge in [0.05, 0.1) is 11.8 Å². The number of likely N-dealkylation sites (tertiary alicyclic amines) is 1. The third-order valence-electron chi connectivity index (χ3n) is 5.52. The maximum absolute atomic E-state index is 13.0. The number of aromatic nitrogens is 2. The molecule has 3 heterocycles. The molecule has 1 aliphatic rings. The number of carbonyl (C=O) groups excluding carboxylic acids is 1. The van der Waals surface area contributed by atoms with Crippen molar-refractivity contribution in [3.05, 3.63) is 71.2 Å². The quantitative estimate of drug-likeness (QED) is 0.638. The average molecular weight is 417 g/mol. The number of nitrogens with zero attached hydrogens (tertiary/aromatic N) is 3. The standard InChI is InChI=1S/C22H22F3N3O2/c23-22(24,25)17-9-10-19-26-13-18(28(19)14-17)20(29)15-5-7-16(8-6-15)21(30)27-11-3-1-2-4-12-27/h5-10,13-14,21,30H,1-4,11-12H2. The van der Waals surface area contributed by atoms with E-state index in [1.165, 1.54) is 12.3 Å². The van der Waals surface area contributed by atoms with Crippen LogP contribution in [0.4, 0.5) is 13.2 Å². The fourth-order valence-corrected chi connectivity index (χ4v) is 3.82. The lowest BCUT2D eigenvalue weighted by molar-refractivity contribution is -0.137. The van der Waals surface area contributed by atoms with Crippen molar-refractivity contribution in [3.63, 3.8) is 0 Å². The molecule has 1 atom stereocenters. The summed E-state index contributed by atoms with van der Waals surface area (Å²) < 4.78 is 40.2. The van der Waals surface area contributed by atoms with E-state index in [4.69, 9.17) is 0 Å². The van der Waals surface area contributed by atoms with Crippen molar-refractivity contribution in [2.45, 2.75) is 38.1 Å². The Balaban J connectivity index is 1.58. The summed E-state index contributed by atoms with van der Waals surface area (Å²) in [7, 11) is 0. The molecule has 1 saturated heterocycles. The lowest BCUT2D eigenvalue weighted by Gasteiger charge is -2.26. The summed E-state index contributed by atoms with van der Waals surface area (Å²) >= 11 is 0. The Kier molecular flexibility index (Phi) is 5.62. The molecule has 8 heteroatoms. The number of hydrogen-bond acceptors (Lipinski definition) is 4. The van der Waals surface area contributed by atoms with Crippen LogP contribution in [0.25, 0.3) is 5.65 Å². The number of hydrogen-bond donors (Lipinski definition) is 1. The monoisotopic (exact) mass is 417 g/mol. The lowest BCUT2D eigenvalue weighted by Crippen LogP contribution is -2.29. The van der Waals surface area contributed by atoms with Gasteiger partial charge < -0.3 is 5.11 Å². The molecule has 1 aromatic carbocycles. The summed E-state index contributed by atoms with van der Waals surface area (Å²) in [5.41, 5.74) is 0.474. The van der Waals surface area contributed by atoms with Gasteiger partial charge in [-0.2, -0.15) is 13.2 Å². The maximum Gasteiger partial charge on any atom is 0.417 e. The molecule has 1 fully saturated rings. The zero-order valence-corrected chi connectivity index (χ0v) is 16.3. The Bertz CT molecular complexity index is 1040. The summed E-state index contributed by atoms with van der Waals surface area (Å²) in [6, 6.07) is 8.73. The van der Waals surface area contributed by atoms with Crippen molar-refractivity contribution >= 4 is 11.4 Å². The zero-order valence-electron chi connectivity index (χ0n) is 16.3. The van der Waals surface area contributed by atoms with Crippen LogP contribution in [0, 0.1) is 0 Å². The second-order valence-electron chi connectivity index (χ2n) is 7.56. The first-order valence-corrected chi connectivity index (χ1v) is 9.96. The maximum atomic E-state index is 13.0. The van der Waals surface area contributed by atoms with Crippen molar-refractivity contribution in [1.82, 2.24) is 14.3 Å². The highest BCUT2D eigenvalue weighted by molar-refractivity contribution is 6.08. The van der Waals surface area contributed by atoms with E-state index in [9.17, 15) is 23.1 Å². The highest BCUT2D eigenvalue weighted by Gasteiger charge is 2.31. The second-order valence-corrected chi connectivity index (χ2v) is 7.56. The molecule has 0 spiro atoms. The largest absolute Gasteiger partial charge is 0.417 e. The lowest BCUT2D eigenvalue weighted by atomic mass is 10.0. The van der Waals surface area contributed by atoms with E-state index in [1.807, 2.05) is 4.90 Å². The minimum Gasteiger partial charge on any atom is -0.374 e. The van der Waals surface area contributed by atoms with E-state index in [1.54, 1.807) is 24.3 Å². The van der Waals surface area contributed by atoms with Gasteiger partial charge in [0.25, 0.3) is 0 Å².